The van der Waals surface area contributed by atoms with Crippen LogP contribution < -0.4 is 9.47 Å². The van der Waals surface area contributed by atoms with Crippen molar-refractivity contribution in [1.82, 2.24) is 9.78 Å². The predicted octanol–water partition coefficient (Wildman–Crippen LogP) is 4.11. The van der Waals surface area contributed by atoms with Gasteiger partial charge in [-0.05, 0) is 49.8 Å². The SMILES string of the molecule is COc1cc(C=CC(=O)c2c(C)nn(-c3ccccc3)c2C)cc(OC)c1O. The number of nitrogens with zero attached hydrogens (tertiary/aromatic N) is 2. The molecule has 0 fully saturated rings. The highest BCUT2D eigenvalue weighted by atomic mass is 16.5. The molecule has 0 saturated carbocycles. The van der Waals surface area contributed by atoms with Gasteiger partial charge in [-0.15, -0.1) is 0 Å². The molecule has 1 N–H and O–H groups in total. The molecule has 6 nitrogen and oxygen atoms in total. The van der Waals surface area contributed by atoms with Crippen LogP contribution in [-0.2, 0) is 0 Å². The Kier molecular flexibility index (Phi) is 5.49. The summed E-state index contributed by atoms with van der Waals surface area (Å²) in [5, 5.41) is 14.5. The zero-order chi connectivity index (χ0) is 20.3. The third kappa shape index (κ3) is 3.62. The van der Waals surface area contributed by atoms with Gasteiger partial charge in [-0.2, -0.15) is 5.10 Å². The molecule has 28 heavy (non-hydrogen) atoms. The number of allylic oxidation sites excluding steroid dienone is 1. The van der Waals surface area contributed by atoms with Gasteiger partial charge in [0.25, 0.3) is 0 Å². The average molecular weight is 378 g/mol. The van der Waals surface area contributed by atoms with Gasteiger partial charge in [0.15, 0.2) is 17.3 Å². The topological polar surface area (TPSA) is 73.6 Å². The minimum absolute atomic E-state index is 0.0793. The van der Waals surface area contributed by atoms with Crippen molar-refractivity contribution in [2.75, 3.05) is 14.2 Å². The van der Waals surface area contributed by atoms with E-state index in [-0.39, 0.29) is 23.0 Å². The van der Waals surface area contributed by atoms with Crippen LogP contribution in [0.3, 0.4) is 0 Å². The van der Waals surface area contributed by atoms with Crippen LogP contribution in [0.2, 0.25) is 0 Å². The molecule has 3 rings (SSSR count). The highest BCUT2D eigenvalue weighted by molar-refractivity contribution is 6.08. The number of phenols is 1. The lowest BCUT2D eigenvalue weighted by Crippen LogP contribution is -2.01. The molecule has 0 aliphatic heterocycles. The third-order valence-corrected chi connectivity index (χ3v) is 4.47. The van der Waals surface area contributed by atoms with E-state index in [4.69, 9.17) is 9.47 Å². The van der Waals surface area contributed by atoms with E-state index >= 15 is 0 Å². The van der Waals surface area contributed by atoms with Crippen molar-refractivity contribution >= 4 is 11.9 Å². The number of ketones is 1. The van der Waals surface area contributed by atoms with Crippen LogP contribution in [0.15, 0.2) is 48.5 Å². The number of hydrogen-bond donors (Lipinski definition) is 1. The summed E-state index contributed by atoms with van der Waals surface area (Å²) in [4.78, 5) is 12.8. The summed E-state index contributed by atoms with van der Waals surface area (Å²) in [6.45, 7) is 3.70. The first-order chi connectivity index (χ1) is 13.5. The lowest BCUT2D eigenvalue weighted by atomic mass is 10.1. The Labute approximate surface area is 163 Å². The van der Waals surface area contributed by atoms with Gasteiger partial charge < -0.3 is 14.6 Å². The lowest BCUT2D eigenvalue weighted by molar-refractivity contribution is 0.104. The van der Waals surface area contributed by atoms with Crippen LogP contribution in [0.1, 0.15) is 27.3 Å². The first kappa shape index (κ1) is 19.2. The van der Waals surface area contributed by atoms with E-state index < -0.39 is 0 Å². The largest absolute Gasteiger partial charge is 0.502 e. The van der Waals surface area contributed by atoms with Crippen LogP contribution in [0.25, 0.3) is 11.8 Å². The number of carbonyl (C=O) groups is 1. The smallest absolute Gasteiger partial charge is 0.200 e. The van der Waals surface area contributed by atoms with Crippen molar-refractivity contribution in [2.45, 2.75) is 13.8 Å². The molecule has 6 heteroatoms. The molecule has 0 bridgehead atoms. The van der Waals surface area contributed by atoms with Gasteiger partial charge in [0.2, 0.25) is 5.75 Å². The maximum atomic E-state index is 12.8. The van der Waals surface area contributed by atoms with E-state index in [0.717, 1.165) is 11.4 Å². The Morgan fingerprint density at radius 1 is 1.07 bits per heavy atom. The van der Waals surface area contributed by atoms with Crippen molar-refractivity contribution in [3.63, 3.8) is 0 Å². The van der Waals surface area contributed by atoms with Crippen LogP contribution in [-0.4, -0.2) is 34.9 Å². The Bertz CT molecular complexity index is 1010. The summed E-state index contributed by atoms with van der Waals surface area (Å²) in [6, 6.07) is 12.9. The summed E-state index contributed by atoms with van der Waals surface area (Å²) in [7, 11) is 2.91. The maximum absolute atomic E-state index is 12.8. The third-order valence-electron chi connectivity index (χ3n) is 4.47. The first-order valence-electron chi connectivity index (χ1n) is 8.75. The zero-order valence-corrected chi connectivity index (χ0v) is 16.3. The van der Waals surface area contributed by atoms with Gasteiger partial charge in [0, 0.05) is 0 Å². The first-order valence-corrected chi connectivity index (χ1v) is 8.75. The number of phenolic OH excluding ortho intramolecular Hbond substituents is 1. The summed E-state index contributed by atoms with van der Waals surface area (Å²) in [5.41, 5.74) is 3.58. The highest BCUT2D eigenvalue weighted by Gasteiger charge is 2.18. The molecule has 0 amide bonds. The molecule has 1 aromatic heterocycles. The summed E-state index contributed by atoms with van der Waals surface area (Å²) < 4.78 is 12.1. The number of rotatable bonds is 6. The zero-order valence-electron chi connectivity index (χ0n) is 16.3. The Morgan fingerprint density at radius 3 is 2.25 bits per heavy atom. The van der Waals surface area contributed by atoms with Gasteiger partial charge in [0.1, 0.15) is 0 Å². The molecule has 144 valence electrons. The maximum Gasteiger partial charge on any atom is 0.200 e. The van der Waals surface area contributed by atoms with E-state index in [1.54, 1.807) is 22.9 Å². The van der Waals surface area contributed by atoms with Crippen LogP contribution in [0.5, 0.6) is 17.2 Å². The predicted molar refractivity (Wildman–Crippen MR) is 108 cm³/mol. The van der Waals surface area contributed by atoms with Crippen molar-refractivity contribution < 1.29 is 19.4 Å². The van der Waals surface area contributed by atoms with Crippen LogP contribution in [0.4, 0.5) is 0 Å². The van der Waals surface area contributed by atoms with Gasteiger partial charge in [-0.25, -0.2) is 4.68 Å². The molecule has 0 radical (unpaired) electrons. The molecular weight excluding hydrogens is 356 g/mol. The van der Waals surface area contributed by atoms with Crippen LogP contribution in [0, 0.1) is 13.8 Å². The van der Waals surface area contributed by atoms with E-state index in [0.29, 0.717) is 16.8 Å². The molecule has 0 aliphatic rings. The minimum Gasteiger partial charge on any atom is -0.502 e. The average Bonchev–Trinajstić information content (AvgIpc) is 3.01. The number of benzene rings is 2. The molecule has 0 unspecified atom stereocenters. The fourth-order valence-corrected chi connectivity index (χ4v) is 3.09. The van der Waals surface area contributed by atoms with Gasteiger partial charge >= 0.3 is 0 Å². The van der Waals surface area contributed by atoms with Crippen molar-refractivity contribution in [3.05, 3.63) is 71.1 Å². The van der Waals surface area contributed by atoms with Gasteiger partial charge in [0.05, 0.1) is 36.9 Å². The number of ether oxygens (including phenoxy) is 2. The van der Waals surface area contributed by atoms with E-state index in [9.17, 15) is 9.90 Å². The Hall–Kier alpha value is -3.54. The fraction of sp³-hybridized carbons (Fsp3) is 0.182. The summed E-state index contributed by atoms with van der Waals surface area (Å²) in [5.74, 6) is 0.318. The van der Waals surface area contributed by atoms with Gasteiger partial charge in [-0.1, -0.05) is 24.3 Å². The molecule has 0 aliphatic carbocycles. The number of methoxy groups -OCH3 is 2. The number of para-hydroxylation sites is 1. The monoisotopic (exact) mass is 378 g/mol. The van der Waals surface area contributed by atoms with Crippen molar-refractivity contribution in [2.24, 2.45) is 0 Å². The normalized spacial score (nSPS) is 11.0. The number of hydrogen-bond acceptors (Lipinski definition) is 5. The molecule has 1 heterocycles. The fourth-order valence-electron chi connectivity index (χ4n) is 3.09. The number of aromatic nitrogens is 2. The number of aryl methyl sites for hydroxylation is 1. The second kappa shape index (κ2) is 8.00. The molecule has 0 saturated heterocycles. The molecule has 0 atom stereocenters. The molecule has 3 aromatic rings. The van der Waals surface area contributed by atoms with Crippen molar-refractivity contribution in [3.8, 4) is 22.9 Å². The van der Waals surface area contributed by atoms with E-state index in [1.165, 1.54) is 20.3 Å². The second-order valence-corrected chi connectivity index (χ2v) is 6.26. The highest BCUT2D eigenvalue weighted by Crippen LogP contribution is 2.37. The molecule has 2 aromatic carbocycles. The van der Waals surface area contributed by atoms with Crippen molar-refractivity contribution in [1.29, 1.82) is 0 Å². The van der Waals surface area contributed by atoms with Gasteiger partial charge in [-0.3, -0.25) is 4.79 Å². The second-order valence-electron chi connectivity index (χ2n) is 6.26. The van der Waals surface area contributed by atoms with Crippen LogP contribution >= 0.6 is 0 Å². The number of aromatic hydroxyl groups is 1. The Morgan fingerprint density at radius 2 is 1.68 bits per heavy atom. The molecule has 0 spiro atoms. The Balaban J connectivity index is 1.93. The molecular formula is C22H22N2O4. The lowest BCUT2D eigenvalue weighted by Gasteiger charge is -2.09. The number of carbonyl (C=O) groups excluding carboxylic acids is 1. The van der Waals surface area contributed by atoms with E-state index in [1.807, 2.05) is 44.2 Å². The minimum atomic E-state index is -0.150. The standard InChI is InChI=1S/C22H22N2O4/c1-14-21(15(2)24(23-14)17-8-6-5-7-9-17)18(25)11-10-16-12-19(27-3)22(26)20(13-16)28-4/h5-13,26H,1-4H3. The van der Waals surface area contributed by atoms with E-state index in [2.05, 4.69) is 5.10 Å². The summed E-state index contributed by atoms with van der Waals surface area (Å²) in [6.07, 6.45) is 3.14. The summed E-state index contributed by atoms with van der Waals surface area (Å²) >= 11 is 0. The quantitative estimate of drug-likeness (QED) is 0.516.